The molecule has 4 nitrogen and oxygen atoms in total. The van der Waals surface area contributed by atoms with Crippen LogP contribution in [0.25, 0.3) is 10.6 Å². The molecule has 2 aromatic rings. The minimum atomic E-state index is 0.453. The second-order valence-electron chi connectivity index (χ2n) is 4.27. The van der Waals surface area contributed by atoms with Gasteiger partial charge in [-0.2, -0.15) is 0 Å². The lowest BCUT2D eigenvalue weighted by molar-refractivity contribution is 0.415. The van der Waals surface area contributed by atoms with Crippen LogP contribution in [0.3, 0.4) is 0 Å². The smallest absolute Gasteiger partial charge is 0.147 e. The summed E-state index contributed by atoms with van der Waals surface area (Å²) in [4.78, 5) is 0. The van der Waals surface area contributed by atoms with Crippen molar-refractivity contribution in [1.29, 1.82) is 0 Å². The van der Waals surface area contributed by atoms with Crippen molar-refractivity contribution in [3.05, 3.63) is 29.3 Å². The van der Waals surface area contributed by atoms with E-state index in [1.165, 1.54) is 0 Å². The third-order valence-electron chi connectivity index (χ3n) is 2.45. The number of hydrogen-bond donors (Lipinski definition) is 1. The van der Waals surface area contributed by atoms with E-state index in [0.29, 0.717) is 6.04 Å². The van der Waals surface area contributed by atoms with Gasteiger partial charge in [-0.3, -0.25) is 0 Å². The van der Waals surface area contributed by atoms with E-state index < -0.39 is 0 Å². The maximum Gasteiger partial charge on any atom is 0.147 e. The van der Waals surface area contributed by atoms with E-state index in [2.05, 4.69) is 29.4 Å². The van der Waals surface area contributed by atoms with Crippen LogP contribution in [0.1, 0.15) is 18.9 Å². The zero-order valence-corrected chi connectivity index (χ0v) is 11.6. The maximum atomic E-state index is 5.21. The monoisotopic (exact) mass is 263 g/mol. The summed E-state index contributed by atoms with van der Waals surface area (Å²) in [6.45, 7) is 4.99. The third-order valence-corrected chi connectivity index (χ3v) is 3.42. The molecule has 0 saturated heterocycles. The van der Waals surface area contributed by atoms with Gasteiger partial charge in [-0.15, -0.1) is 10.2 Å². The molecule has 96 valence electrons. The fourth-order valence-corrected chi connectivity index (χ4v) is 2.28. The number of hydrogen-bond acceptors (Lipinski definition) is 5. The molecule has 18 heavy (non-hydrogen) atoms. The average molecular weight is 263 g/mol. The van der Waals surface area contributed by atoms with Gasteiger partial charge in [0.05, 0.1) is 7.11 Å². The van der Waals surface area contributed by atoms with Gasteiger partial charge < -0.3 is 10.1 Å². The van der Waals surface area contributed by atoms with Gasteiger partial charge >= 0.3 is 0 Å². The molecule has 0 unspecified atom stereocenters. The van der Waals surface area contributed by atoms with Crippen molar-refractivity contribution in [2.45, 2.75) is 26.4 Å². The number of nitrogens with zero attached hydrogens (tertiary/aromatic N) is 2. The van der Waals surface area contributed by atoms with Crippen LogP contribution in [0.4, 0.5) is 0 Å². The summed E-state index contributed by atoms with van der Waals surface area (Å²) in [7, 11) is 1.66. The van der Waals surface area contributed by atoms with Crippen LogP contribution >= 0.6 is 11.3 Å². The lowest BCUT2D eigenvalue weighted by atomic mass is 10.2. The van der Waals surface area contributed by atoms with Crippen LogP contribution in [-0.2, 0) is 6.54 Å². The molecule has 0 spiro atoms. The third kappa shape index (κ3) is 3.27. The van der Waals surface area contributed by atoms with Crippen LogP contribution in [0, 0.1) is 0 Å². The highest BCUT2D eigenvalue weighted by molar-refractivity contribution is 7.14. The molecule has 0 atom stereocenters. The highest BCUT2D eigenvalue weighted by Gasteiger charge is 2.07. The summed E-state index contributed by atoms with van der Waals surface area (Å²) in [5, 5.41) is 13.7. The molecule has 1 N–H and O–H groups in total. The first-order valence-corrected chi connectivity index (χ1v) is 6.71. The highest BCUT2D eigenvalue weighted by Crippen LogP contribution is 2.26. The summed E-state index contributed by atoms with van der Waals surface area (Å²) in [6.07, 6.45) is 0. The molecule has 0 fully saturated rings. The van der Waals surface area contributed by atoms with E-state index in [4.69, 9.17) is 4.74 Å². The van der Waals surface area contributed by atoms with Crippen molar-refractivity contribution in [2.24, 2.45) is 0 Å². The zero-order chi connectivity index (χ0) is 13.0. The normalized spacial score (nSPS) is 10.9. The summed E-state index contributed by atoms with van der Waals surface area (Å²) >= 11 is 1.61. The first kappa shape index (κ1) is 13.0. The van der Waals surface area contributed by atoms with Crippen LogP contribution < -0.4 is 10.1 Å². The number of rotatable bonds is 5. The molecule has 0 aliphatic carbocycles. The maximum absolute atomic E-state index is 5.21. The van der Waals surface area contributed by atoms with Crippen LogP contribution in [-0.4, -0.2) is 23.3 Å². The van der Waals surface area contributed by atoms with E-state index in [-0.39, 0.29) is 0 Å². The molecular weight excluding hydrogens is 246 g/mol. The summed E-state index contributed by atoms with van der Waals surface area (Å²) in [5.74, 6) is 0.838. The Hall–Kier alpha value is -1.46. The lowest BCUT2D eigenvalue weighted by Gasteiger charge is -2.03. The molecule has 0 aliphatic rings. The Labute approximate surface area is 111 Å². The molecule has 1 heterocycles. The largest absolute Gasteiger partial charge is 0.497 e. The molecule has 2 rings (SSSR count). The van der Waals surface area contributed by atoms with Crippen molar-refractivity contribution in [2.75, 3.05) is 7.11 Å². The Balaban J connectivity index is 2.13. The Morgan fingerprint density at radius 2 is 2.17 bits per heavy atom. The number of nitrogens with one attached hydrogen (secondary N) is 1. The van der Waals surface area contributed by atoms with Crippen molar-refractivity contribution in [3.8, 4) is 16.3 Å². The minimum absolute atomic E-state index is 0.453. The van der Waals surface area contributed by atoms with Gasteiger partial charge in [0.15, 0.2) is 0 Å². The topological polar surface area (TPSA) is 47.0 Å². The van der Waals surface area contributed by atoms with Gasteiger partial charge in [0.25, 0.3) is 0 Å². The van der Waals surface area contributed by atoms with E-state index in [1.807, 2.05) is 24.3 Å². The first-order chi connectivity index (χ1) is 8.69. The van der Waals surface area contributed by atoms with Gasteiger partial charge in [0.2, 0.25) is 0 Å². The van der Waals surface area contributed by atoms with Gasteiger partial charge in [0.1, 0.15) is 15.8 Å². The molecule has 1 aromatic carbocycles. The molecule has 0 saturated carbocycles. The SMILES string of the molecule is COc1cccc(-c2nnc(CNC(C)C)s2)c1. The highest BCUT2D eigenvalue weighted by atomic mass is 32.1. The first-order valence-electron chi connectivity index (χ1n) is 5.89. The van der Waals surface area contributed by atoms with Gasteiger partial charge in [-0.05, 0) is 12.1 Å². The summed E-state index contributed by atoms with van der Waals surface area (Å²) < 4.78 is 5.21. The number of aromatic nitrogens is 2. The van der Waals surface area contributed by atoms with E-state index in [9.17, 15) is 0 Å². The van der Waals surface area contributed by atoms with E-state index >= 15 is 0 Å². The van der Waals surface area contributed by atoms with E-state index in [1.54, 1.807) is 18.4 Å². The molecule has 0 aliphatic heterocycles. The average Bonchev–Trinajstić information content (AvgIpc) is 2.85. The van der Waals surface area contributed by atoms with Gasteiger partial charge in [-0.1, -0.05) is 37.3 Å². The van der Waals surface area contributed by atoms with Gasteiger partial charge in [0, 0.05) is 18.2 Å². The lowest BCUT2D eigenvalue weighted by Crippen LogP contribution is -2.21. The molecule has 1 aromatic heterocycles. The standard InChI is InChI=1S/C13H17N3OS/c1-9(2)14-8-12-15-16-13(18-12)10-5-4-6-11(7-10)17-3/h4-7,9,14H,8H2,1-3H3. The van der Waals surface area contributed by atoms with Crippen molar-refractivity contribution < 1.29 is 4.74 Å². The molecular formula is C13H17N3OS. The summed E-state index contributed by atoms with van der Waals surface area (Å²) in [6, 6.07) is 8.32. The number of benzene rings is 1. The molecule has 0 bridgehead atoms. The predicted octanol–water partition coefficient (Wildman–Crippen LogP) is 2.71. The van der Waals surface area contributed by atoms with E-state index in [0.717, 1.165) is 27.9 Å². The van der Waals surface area contributed by atoms with Crippen molar-refractivity contribution >= 4 is 11.3 Å². The molecule has 0 radical (unpaired) electrons. The Bertz CT molecular complexity index is 510. The fraction of sp³-hybridized carbons (Fsp3) is 0.385. The van der Waals surface area contributed by atoms with Crippen LogP contribution in [0.15, 0.2) is 24.3 Å². The number of methoxy groups -OCH3 is 1. The Kier molecular flexibility index (Phi) is 4.28. The summed E-state index contributed by atoms with van der Waals surface area (Å²) in [5.41, 5.74) is 1.04. The second kappa shape index (κ2) is 5.93. The predicted molar refractivity (Wildman–Crippen MR) is 73.9 cm³/mol. The Morgan fingerprint density at radius 1 is 1.33 bits per heavy atom. The Morgan fingerprint density at radius 3 is 2.89 bits per heavy atom. The number of ether oxygens (including phenoxy) is 1. The molecule has 5 heteroatoms. The zero-order valence-electron chi connectivity index (χ0n) is 10.8. The van der Waals surface area contributed by atoms with Crippen LogP contribution in [0.5, 0.6) is 5.75 Å². The molecule has 0 amide bonds. The van der Waals surface area contributed by atoms with Crippen molar-refractivity contribution in [1.82, 2.24) is 15.5 Å². The second-order valence-corrected chi connectivity index (χ2v) is 5.33. The minimum Gasteiger partial charge on any atom is -0.497 e. The van der Waals surface area contributed by atoms with Crippen LogP contribution in [0.2, 0.25) is 0 Å². The van der Waals surface area contributed by atoms with Crippen molar-refractivity contribution in [3.63, 3.8) is 0 Å². The van der Waals surface area contributed by atoms with Gasteiger partial charge in [-0.25, -0.2) is 0 Å². The quantitative estimate of drug-likeness (QED) is 0.901. The fourth-order valence-electron chi connectivity index (χ4n) is 1.49.